The minimum atomic E-state index is -3.59. The van der Waals surface area contributed by atoms with Gasteiger partial charge in [-0.15, -0.1) is 0 Å². The molecule has 0 radical (unpaired) electrons. The molecule has 1 N–H and O–H groups in total. The lowest BCUT2D eigenvalue weighted by Gasteiger charge is -2.11. The Hall–Kier alpha value is -2.82. The second-order valence-corrected chi connectivity index (χ2v) is 7.95. The van der Waals surface area contributed by atoms with E-state index in [1.54, 1.807) is 47.4 Å². The summed E-state index contributed by atoms with van der Waals surface area (Å²) in [6.45, 7) is 4.74. The largest absolute Gasteiger partial charge is 0.447 e. The Bertz CT molecular complexity index is 1020. The molecule has 1 aliphatic heterocycles. The Morgan fingerprint density at radius 3 is 2.48 bits per heavy atom. The molecule has 140 valence electrons. The first kappa shape index (κ1) is 19.0. The number of hydrogen-bond donors (Lipinski definition) is 1. The number of carbonyl (C=O) groups is 1. The van der Waals surface area contributed by atoms with Crippen LogP contribution in [0.5, 0.6) is 0 Å². The standard InChI is InChI=1S/C20H20N2O4S/c1-15-5-10-19(14-16(15)2)27(24,25)21-11-3-4-17-6-8-18(9-7-17)22-12-13-26-20(22)23/h5-10,14,21H,11-13H2,1-2H3. The summed E-state index contributed by atoms with van der Waals surface area (Å²) in [6, 6.07) is 12.2. The van der Waals surface area contributed by atoms with E-state index in [2.05, 4.69) is 16.6 Å². The predicted molar refractivity (Wildman–Crippen MR) is 103 cm³/mol. The van der Waals surface area contributed by atoms with Gasteiger partial charge in [-0.05, 0) is 61.4 Å². The fraction of sp³-hybridized carbons (Fsp3) is 0.250. The summed E-state index contributed by atoms with van der Waals surface area (Å²) in [5, 5.41) is 0. The molecule has 2 aromatic rings. The summed E-state index contributed by atoms with van der Waals surface area (Å²) in [6.07, 6.45) is -0.352. The van der Waals surface area contributed by atoms with Gasteiger partial charge in [-0.25, -0.2) is 13.2 Å². The summed E-state index contributed by atoms with van der Waals surface area (Å²) in [7, 11) is -3.59. The van der Waals surface area contributed by atoms with Crippen LogP contribution in [0.25, 0.3) is 0 Å². The number of nitrogens with zero attached hydrogens (tertiary/aromatic N) is 1. The first-order valence-electron chi connectivity index (χ1n) is 8.47. The normalized spacial score (nSPS) is 13.9. The van der Waals surface area contributed by atoms with E-state index < -0.39 is 10.0 Å². The molecule has 0 aliphatic carbocycles. The smallest absolute Gasteiger partial charge is 0.414 e. The van der Waals surface area contributed by atoms with Crippen LogP contribution in [0.2, 0.25) is 0 Å². The number of anilines is 1. The van der Waals surface area contributed by atoms with E-state index in [0.29, 0.717) is 13.2 Å². The number of amides is 1. The van der Waals surface area contributed by atoms with Crippen LogP contribution in [0.1, 0.15) is 16.7 Å². The van der Waals surface area contributed by atoms with E-state index >= 15 is 0 Å². The highest BCUT2D eigenvalue weighted by molar-refractivity contribution is 7.89. The molecule has 1 amide bonds. The Balaban J connectivity index is 1.61. The SMILES string of the molecule is Cc1ccc(S(=O)(=O)NCC#Cc2ccc(N3CCOC3=O)cc2)cc1C. The fourth-order valence-electron chi connectivity index (χ4n) is 2.59. The molecular formula is C20H20N2O4S. The highest BCUT2D eigenvalue weighted by atomic mass is 32.2. The van der Waals surface area contributed by atoms with Crippen LogP contribution in [0.15, 0.2) is 47.4 Å². The molecule has 1 aliphatic rings. The molecule has 0 aromatic heterocycles. The average molecular weight is 384 g/mol. The Kier molecular flexibility index (Phi) is 5.49. The van der Waals surface area contributed by atoms with Gasteiger partial charge < -0.3 is 4.74 Å². The molecule has 7 heteroatoms. The highest BCUT2D eigenvalue weighted by Gasteiger charge is 2.23. The number of carbonyl (C=O) groups excluding carboxylic acids is 1. The quantitative estimate of drug-likeness (QED) is 0.822. The molecule has 27 heavy (non-hydrogen) atoms. The summed E-state index contributed by atoms with van der Waals surface area (Å²) in [5.74, 6) is 5.71. The van der Waals surface area contributed by atoms with E-state index in [9.17, 15) is 13.2 Å². The summed E-state index contributed by atoms with van der Waals surface area (Å²) < 4.78 is 32.0. The molecule has 3 rings (SSSR count). The van der Waals surface area contributed by atoms with E-state index in [0.717, 1.165) is 22.4 Å². The van der Waals surface area contributed by atoms with Gasteiger partial charge >= 0.3 is 6.09 Å². The van der Waals surface area contributed by atoms with Crippen molar-refractivity contribution >= 4 is 21.8 Å². The van der Waals surface area contributed by atoms with Crippen LogP contribution in [-0.2, 0) is 14.8 Å². The number of sulfonamides is 1. The molecule has 1 heterocycles. The van der Waals surface area contributed by atoms with Gasteiger partial charge in [0.1, 0.15) is 6.61 Å². The van der Waals surface area contributed by atoms with Crippen molar-refractivity contribution in [3.8, 4) is 11.8 Å². The van der Waals surface area contributed by atoms with Crippen molar-refractivity contribution in [2.45, 2.75) is 18.7 Å². The second-order valence-electron chi connectivity index (χ2n) is 6.19. The predicted octanol–water partition coefficient (Wildman–Crippen LogP) is 2.59. The van der Waals surface area contributed by atoms with Crippen molar-refractivity contribution in [2.24, 2.45) is 0 Å². The molecule has 1 fully saturated rings. The molecule has 0 saturated carbocycles. The number of hydrogen-bond acceptors (Lipinski definition) is 4. The van der Waals surface area contributed by atoms with Gasteiger partial charge in [-0.2, -0.15) is 4.72 Å². The molecule has 6 nitrogen and oxygen atoms in total. The maximum Gasteiger partial charge on any atom is 0.414 e. The summed E-state index contributed by atoms with van der Waals surface area (Å²) in [4.78, 5) is 13.3. The minimum Gasteiger partial charge on any atom is -0.447 e. The van der Waals surface area contributed by atoms with Gasteiger partial charge in [0.15, 0.2) is 0 Å². The zero-order chi connectivity index (χ0) is 19.4. The topological polar surface area (TPSA) is 75.7 Å². The van der Waals surface area contributed by atoms with Crippen LogP contribution in [0, 0.1) is 25.7 Å². The Morgan fingerprint density at radius 2 is 1.85 bits per heavy atom. The van der Waals surface area contributed by atoms with Crippen molar-refractivity contribution in [3.05, 3.63) is 59.2 Å². The molecule has 0 unspecified atom stereocenters. The zero-order valence-corrected chi connectivity index (χ0v) is 16.0. The van der Waals surface area contributed by atoms with Crippen molar-refractivity contribution < 1.29 is 17.9 Å². The number of ether oxygens (including phenoxy) is 1. The van der Waals surface area contributed by atoms with Crippen molar-refractivity contribution in [3.63, 3.8) is 0 Å². The monoisotopic (exact) mass is 384 g/mol. The van der Waals surface area contributed by atoms with E-state index in [1.165, 1.54) is 0 Å². The number of benzene rings is 2. The lowest BCUT2D eigenvalue weighted by molar-refractivity contribution is 0.181. The molecule has 0 bridgehead atoms. The highest BCUT2D eigenvalue weighted by Crippen LogP contribution is 2.19. The summed E-state index contributed by atoms with van der Waals surface area (Å²) >= 11 is 0. The second kappa shape index (κ2) is 7.82. The van der Waals surface area contributed by atoms with Gasteiger partial charge in [0.25, 0.3) is 0 Å². The third-order valence-corrected chi connectivity index (χ3v) is 5.71. The van der Waals surface area contributed by atoms with Crippen LogP contribution in [-0.4, -0.2) is 34.2 Å². The van der Waals surface area contributed by atoms with Gasteiger partial charge in [0.2, 0.25) is 10.0 Å². The van der Waals surface area contributed by atoms with Gasteiger partial charge in [0, 0.05) is 11.3 Å². The van der Waals surface area contributed by atoms with E-state index in [4.69, 9.17) is 4.74 Å². The Labute approximate surface area is 159 Å². The van der Waals surface area contributed by atoms with Crippen molar-refractivity contribution in [1.29, 1.82) is 0 Å². The van der Waals surface area contributed by atoms with E-state index in [1.807, 2.05) is 13.8 Å². The fourth-order valence-corrected chi connectivity index (χ4v) is 3.60. The van der Waals surface area contributed by atoms with Crippen LogP contribution < -0.4 is 9.62 Å². The molecule has 0 atom stereocenters. The first-order chi connectivity index (χ1) is 12.9. The van der Waals surface area contributed by atoms with Gasteiger partial charge in [0.05, 0.1) is 18.0 Å². The lowest BCUT2D eigenvalue weighted by Crippen LogP contribution is -2.24. The van der Waals surface area contributed by atoms with Crippen LogP contribution >= 0.6 is 0 Å². The molecule has 1 saturated heterocycles. The minimum absolute atomic E-state index is 0.00938. The molecular weight excluding hydrogens is 364 g/mol. The zero-order valence-electron chi connectivity index (χ0n) is 15.2. The maximum absolute atomic E-state index is 12.3. The third-order valence-electron chi connectivity index (χ3n) is 4.31. The van der Waals surface area contributed by atoms with Gasteiger partial charge in [-0.3, -0.25) is 4.90 Å². The first-order valence-corrected chi connectivity index (χ1v) is 9.95. The van der Waals surface area contributed by atoms with Crippen LogP contribution in [0.3, 0.4) is 0 Å². The average Bonchev–Trinajstić information content (AvgIpc) is 3.07. The maximum atomic E-state index is 12.3. The Morgan fingerprint density at radius 1 is 1.11 bits per heavy atom. The third kappa shape index (κ3) is 4.48. The number of cyclic esters (lactones) is 1. The lowest BCUT2D eigenvalue weighted by atomic mass is 10.1. The van der Waals surface area contributed by atoms with Crippen LogP contribution in [0.4, 0.5) is 10.5 Å². The number of aryl methyl sites for hydroxylation is 2. The number of rotatable bonds is 4. The summed E-state index contributed by atoms with van der Waals surface area (Å²) in [5.41, 5.74) is 3.44. The number of nitrogens with one attached hydrogen (secondary N) is 1. The van der Waals surface area contributed by atoms with Gasteiger partial charge in [-0.1, -0.05) is 17.9 Å². The molecule has 2 aromatic carbocycles. The van der Waals surface area contributed by atoms with E-state index in [-0.39, 0.29) is 17.5 Å². The molecule has 0 spiro atoms. The van der Waals surface area contributed by atoms with Crippen molar-refractivity contribution in [1.82, 2.24) is 4.72 Å². The van der Waals surface area contributed by atoms with Crippen molar-refractivity contribution in [2.75, 3.05) is 24.6 Å².